The van der Waals surface area contributed by atoms with Gasteiger partial charge in [0.2, 0.25) is 0 Å². The number of nitrogens with two attached hydrogens (primary N) is 2. The van der Waals surface area contributed by atoms with Crippen LogP contribution in [0.15, 0.2) is 103 Å². The van der Waals surface area contributed by atoms with Crippen molar-refractivity contribution in [2.24, 2.45) is 0 Å². The third-order valence-corrected chi connectivity index (χ3v) is 6.26. The van der Waals surface area contributed by atoms with Crippen LogP contribution in [-0.2, 0) is 6.54 Å². The molecular formula is C35H30F6N4O2. The average molecular weight is 653 g/mol. The monoisotopic (exact) mass is 652 g/mol. The number of nitrogen functional groups attached to an aromatic ring is 2. The fourth-order valence-electron chi connectivity index (χ4n) is 4.04. The first-order valence-corrected chi connectivity index (χ1v) is 13.9. The lowest BCUT2D eigenvalue weighted by Gasteiger charge is -2.11. The molecule has 0 saturated carbocycles. The fraction of sp³-hybridized carbons (Fsp3) is 0.0857. The average Bonchev–Trinajstić information content (AvgIpc) is 3.39. The van der Waals surface area contributed by atoms with E-state index in [4.69, 9.17) is 16.6 Å². The Balaban J connectivity index is 0.000000233. The zero-order valence-electron chi connectivity index (χ0n) is 25.0. The largest absolute Gasteiger partial charge is 0.397 e. The Morgan fingerprint density at radius 1 is 0.702 bits per heavy atom. The molecule has 0 aliphatic carbocycles. The van der Waals surface area contributed by atoms with Gasteiger partial charge in [0, 0.05) is 30.4 Å². The second-order valence-corrected chi connectivity index (χ2v) is 9.60. The minimum atomic E-state index is -0.824. The zero-order chi connectivity index (χ0) is 34.5. The van der Waals surface area contributed by atoms with Gasteiger partial charge in [0.25, 0.3) is 0 Å². The predicted molar refractivity (Wildman–Crippen MR) is 170 cm³/mol. The highest BCUT2D eigenvalue weighted by Gasteiger charge is 2.18. The summed E-state index contributed by atoms with van der Waals surface area (Å²) in [5.41, 5.74) is 13.5. The number of anilines is 2. The number of carbonyl (C=O) groups is 1. The van der Waals surface area contributed by atoms with Gasteiger partial charge in [-0.25, -0.2) is 31.3 Å². The van der Waals surface area contributed by atoms with Crippen molar-refractivity contribution in [3.8, 4) is 11.4 Å². The van der Waals surface area contributed by atoms with Crippen LogP contribution in [0.25, 0.3) is 22.4 Å². The summed E-state index contributed by atoms with van der Waals surface area (Å²) >= 11 is 0. The molecule has 0 aliphatic rings. The molecule has 47 heavy (non-hydrogen) atoms. The third kappa shape index (κ3) is 9.93. The van der Waals surface area contributed by atoms with Crippen LogP contribution in [0.4, 0.5) is 37.7 Å². The van der Waals surface area contributed by atoms with E-state index in [1.165, 1.54) is 12.1 Å². The summed E-state index contributed by atoms with van der Waals surface area (Å²) < 4.78 is 81.0. The summed E-state index contributed by atoms with van der Waals surface area (Å²) in [4.78, 5) is 14.4. The number of carbonyl (C=O) groups excluding carboxylic acids is 1. The number of hydrogen-bond donors (Lipinski definition) is 3. The number of aromatic nitrogens is 2. The standard InChI is InChI=1S/C20H12F4N2.C7H4F2O.C6H8N2.C2H6O/c21-13-6-5-12(16(23)9-13)11-26-19-4-2-1-3-18(19)25-20(26)15-8-7-14(22)10-17(15)24;8-6-2-1-5(4-10)7(9)3-6;7-5-3-1-2-4-6(5)8;1-2-3/h1-10H,11H2;1-4H;1-4H,7-8H2;3H,2H2,1H3. The topological polar surface area (TPSA) is 107 Å². The molecule has 1 aromatic heterocycles. The maximum atomic E-state index is 14.3. The van der Waals surface area contributed by atoms with Crippen molar-refractivity contribution in [2.45, 2.75) is 13.5 Å². The van der Waals surface area contributed by atoms with Crippen LogP contribution in [0, 0.1) is 34.9 Å². The Morgan fingerprint density at radius 3 is 1.74 bits per heavy atom. The number of aliphatic hydroxyl groups is 1. The summed E-state index contributed by atoms with van der Waals surface area (Å²) in [6.07, 6.45) is 0.342. The molecule has 244 valence electrons. The molecule has 0 aliphatic heterocycles. The number of rotatable bonds is 4. The van der Waals surface area contributed by atoms with Crippen molar-refractivity contribution in [2.75, 3.05) is 18.1 Å². The highest BCUT2D eigenvalue weighted by Crippen LogP contribution is 2.28. The normalized spacial score (nSPS) is 10.1. The third-order valence-electron chi connectivity index (χ3n) is 6.26. The minimum absolute atomic E-state index is 0.0266. The first-order valence-electron chi connectivity index (χ1n) is 13.9. The predicted octanol–water partition coefficient (Wildman–Crippen LogP) is 7.93. The second kappa shape index (κ2) is 17.2. The van der Waals surface area contributed by atoms with E-state index in [1.807, 2.05) is 12.1 Å². The quantitative estimate of drug-likeness (QED) is 0.102. The van der Waals surface area contributed by atoms with Crippen LogP contribution in [0.2, 0.25) is 0 Å². The molecule has 6 rings (SSSR count). The lowest BCUT2D eigenvalue weighted by molar-refractivity contribution is 0.111. The van der Waals surface area contributed by atoms with Crippen LogP contribution in [0.1, 0.15) is 22.8 Å². The second-order valence-electron chi connectivity index (χ2n) is 9.60. The molecule has 6 aromatic rings. The van der Waals surface area contributed by atoms with E-state index in [2.05, 4.69) is 4.98 Å². The minimum Gasteiger partial charge on any atom is -0.397 e. The molecule has 5 N–H and O–H groups in total. The van der Waals surface area contributed by atoms with Crippen molar-refractivity contribution in [3.63, 3.8) is 0 Å². The summed E-state index contributed by atoms with van der Waals surface area (Å²) in [7, 11) is 0. The molecule has 0 saturated heterocycles. The van der Waals surface area contributed by atoms with Crippen LogP contribution < -0.4 is 11.5 Å². The maximum absolute atomic E-state index is 14.3. The molecule has 0 bridgehead atoms. The van der Waals surface area contributed by atoms with E-state index in [9.17, 15) is 31.1 Å². The van der Waals surface area contributed by atoms with Gasteiger partial charge in [-0.05, 0) is 61.5 Å². The Kier molecular flexibility index (Phi) is 13.1. The van der Waals surface area contributed by atoms with Gasteiger partial charge in [0.1, 0.15) is 40.7 Å². The zero-order valence-corrected chi connectivity index (χ0v) is 25.0. The molecular weight excluding hydrogens is 622 g/mol. The number of para-hydroxylation sites is 4. The van der Waals surface area contributed by atoms with Crippen molar-refractivity contribution < 1.29 is 36.2 Å². The summed E-state index contributed by atoms with van der Waals surface area (Å²) in [5, 5.41) is 7.57. The van der Waals surface area contributed by atoms with E-state index in [0.717, 1.165) is 36.4 Å². The molecule has 0 fully saturated rings. The van der Waals surface area contributed by atoms with Gasteiger partial charge >= 0.3 is 0 Å². The summed E-state index contributed by atoms with van der Waals surface area (Å²) in [6, 6.07) is 23.6. The van der Waals surface area contributed by atoms with Gasteiger partial charge in [-0.15, -0.1) is 0 Å². The van der Waals surface area contributed by atoms with Crippen LogP contribution in [0.3, 0.4) is 0 Å². The van der Waals surface area contributed by atoms with E-state index in [-0.39, 0.29) is 35.7 Å². The highest BCUT2D eigenvalue weighted by molar-refractivity contribution is 5.81. The molecule has 0 amide bonds. The van der Waals surface area contributed by atoms with Gasteiger partial charge in [0.15, 0.2) is 6.29 Å². The van der Waals surface area contributed by atoms with Crippen LogP contribution in [0.5, 0.6) is 0 Å². The van der Waals surface area contributed by atoms with Crippen LogP contribution in [-0.4, -0.2) is 27.6 Å². The molecule has 5 aromatic carbocycles. The van der Waals surface area contributed by atoms with Crippen molar-refractivity contribution in [3.05, 3.63) is 149 Å². The smallest absolute Gasteiger partial charge is 0.152 e. The van der Waals surface area contributed by atoms with Crippen molar-refractivity contribution >= 4 is 28.7 Å². The number of aldehydes is 1. The number of benzene rings is 5. The van der Waals surface area contributed by atoms with Crippen LogP contribution >= 0.6 is 0 Å². The molecule has 1 heterocycles. The fourth-order valence-corrected chi connectivity index (χ4v) is 4.04. The Morgan fingerprint density at radius 2 is 1.21 bits per heavy atom. The molecule has 0 atom stereocenters. The first-order chi connectivity index (χ1) is 22.5. The number of halogens is 6. The van der Waals surface area contributed by atoms with Gasteiger partial charge in [0.05, 0.1) is 40.1 Å². The van der Waals surface area contributed by atoms with E-state index >= 15 is 0 Å². The summed E-state index contributed by atoms with van der Waals surface area (Å²) in [6.45, 7) is 1.96. The Labute approximate surface area is 266 Å². The molecule has 6 nitrogen and oxygen atoms in total. The lowest BCUT2D eigenvalue weighted by atomic mass is 10.1. The number of hydrogen-bond acceptors (Lipinski definition) is 5. The Hall–Kier alpha value is -5.62. The van der Waals surface area contributed by atoms with E-state index in [0.29, 0.717) is 34.8 Å². The molecule has 0 unspecified atom stereocenters. The maximum Gasteiger partial charge on any atom is 0.152 e. The number of nitrogens with zero attached hydrogens (tertiary/aromatic N) is 2. The van der Waals surface area contributed by atoms with Gasteiger partial charge < -0.3 is 21.1 Å². The lowest BCUT2D eigenvalue weighted by Crippen LogP contribution is -2.05. The molecule has 0 spiro atoms. The Bertz CT molecular complexity index is 1930. The SMILES string of the molecule is CCO.Fc1ccc(Cn2c(-c3ccc(F)cc3F)nc3ccccc32)c(F)c1.Nc1ccccc1N.O=Cc1ccc(F)cc1F. The van der Waals surface area contributed by atoms with E-state index in [1.54, 1.807) is 47.9 Å². The van der Waals surface area contributed by atoms with Gasteiger partial charge in [-0.2, -0.15) is 0 Å². The van der Waals surface area contributed by atoms with Crippen molar-refractivity contribution in [1.29, 1.82) is 0 Å². The van der Waals surface area contributed by atoms with Crippen molar-refractivity contribution in [1.82, 2.24) is 9.55 Å². The summed E-state index contributed by atoms with van der Waals surface area (Å²) in [5.74, 6) is -4.09. The van der Waals surface area contributed by atoms with Gasteiger partial charge in [-0.3, -0.25) is 4.79 Å². The van der Waals surface area contributed by atoms with E-state index < -0.39 is 34.9 Å². The molecule has 12 heteroatoms. The van der Waals surface area contributed by atoms with Gasteiger partial charge in [-0.1, -0.05) is 30.3 Å². The molecule has 0 radical (unpaired) electrons. The number of fused-ring (bicyclic) bond motifs is 1. The first kappa shape index (κ1) is 35.9. The number of aliphatic hydroxyl groups excluding tert-OH is 1. The number of imidazole rings is 1. The highest BCUT2D eigenvalue weighted by atomic mass is 19.2.